The first-order valence-corrected chi connectivity index (χ1v) is 4.57. The van der Waals surface area contributed by atoms with E-state index in [1.54, 1.807) is 0 Å². The molecule has 0 aliphatic carbocycles. The normalized spacial score (nSPS) is 12.1. The summed E-state index contributed by atoms with van der Waals surface area (Å²) in [7, 11) is 0. The lowest BCUT2D eigenvalue weighted by atomic mass is 10.0. The zero-order valence-electron chi connectivity index (χ0n) is 8.51. The van der Waals surface area contributed by atoms with E-state index < -0.39 is 28.3 Å². The van der Waals surface area contributed by atoms with Gasteiger partial charge in [0, 0.05) is 6.07 Å². The van der Waals surface area contributed by atoms with Crippen molar-refractivity contribution < 1.29 is 19.2 Å². The van der Waals surface area contributed by atoms with Crippen LogP contribution >= 0.6 is 0 Å². The van der Waals surface area contributed by atoms with E-state index in [4.69, 9.17) is 5.11 Å². The number of halogens is 1. The first kappa shape index (κ1) is 12.1. The van der Waals surface area contributed by atoms with Crippen molar-refractivity contribution in [2.45, 2.75) is 13.3 Å². The van der Waals surface area contributed by atoms with Crippen molar-refractivity contribution in [2.24, 2.45) is 5.92 Å². The molecule has 0 heterocycles. The van der Waals surface area contributed by atoms with Gasteiger partial charge in [0.15, 0.2) is 0 Å². The molecule has 0 aromatic heterocycles. The minimum absolute atomic E-state index is 0.143. The summed E-state index contributed by atoms with van der Waals surface area (Å²) in [5, 5.41) is 19.0. The molecule has 0 aliphatic heterocycles. The molecule has 0 fully saturated rings. The number of carboxylic acid groups (broad SMARTS) is 1. The number of rotatable bonds is 4. The van der Waals surface area contributed by atoms with Crippen LogP contribution in [0.4, 0.5) is 10.1 Å². The first-order valence-electron chi connectivity index (χ1n) is 4.57. The smallest absolute Gasteiger partial charge is 0.306 e. The topological polar surface area (TPSA) is 80.4 Å². The summed E-state index contributed by atoms with van der Waals surface area (Å²) in [6.45, 7) is 1.49. The van der Waals surface area contributed by atoms with Gasteiger partial charge in [0.05, 0.1) is 10.8 Å². The fraction of sp³-hybridized carbons (Fsp3) is 0.300. The van der Waals surface area contributed by atoms with E-state index in [0.717, 1.165) is 12.1 Å². The molecule has 1 atom stereocenters. The second-order valence-corrected chi connectivity index (χ2v) is 3.49. The number of benzene rings is 1. The van der Waals surface area contributed by atoms with Crippen LogP contribution < -0.4 is 0 Å². The molecule has 0 radical (unpaired) electrons. The van der Waals surface area contributed by atoms with E-state index in [9.17, 15) is 19.3 Å². The second-order valence-electron chi connectivity index (χ2n) is 3.49. The molecule has 1 aromatic rings. The average molecular weight is 227 g/mol. The lowest BCUT2D eigenvalue weighted by molar-refractivity contribution is -0.387. The lowest BCUT2D eigenvalue weighted by Crippen LogP contribution is -2.12. The van der Waals surface area contributed by atoms with Crippen molar-refractivity contribution >= 4 is 11.7 Å². The van der Waals surface area contributed by atoms with E-state index >= 15 is 0 Å². The Morgan fingerprint density at radius 3 is 2.69 bits per heavy atom. The number of hydrogen-bond acceptors (Lipinski definition) is 3. The maximum atomic E-state index is 13.2. The van der Waals surface area contributed by atoms with E-state index in [2.05, 4.69) is 0 Å². The van der Waals surface area contributed by atoms with Crippen LogP contribution in [-0.2, 0) is 11.2 Å². The zero-order valence-corrected chi connectivity index (χ0v) is 8.51. The Morgan fingerprint density at radius 2 is 2.25 bits per heavy atom. The molecule has 16 heavy (non-hydrogen) atoms. The Bertz CT molecular complexity index is 433. The van der Waals surface area contributed by atoms with Crippen molar-refractivity contribution in [3.63, 3.8) is 0 Å². The molecule has 0 saturated heterocycles. The number of carboxylic acids is 1. The van der Waals surface area contributed by atoms with Gasteiger partial charge < -0.3 is 5.11 Å². The molecule has 1 aromatic carbocycles. The highest BCUT2D eigenvalue weighted by molar-refractivity contribution is 5.69. The van der Waals surface area contributed by atoms with Crippen LogP contribution in [0.25, 0.3) is 0 Å². The van der Waals surface area contributed by atoms with Crippen molar-refractivity contribution in [1.82, 2.24) is 0 Å². The molecule has 0 bridgehead atoms. The molecule has 1 N–H and O–H groups in total. The van der Waals surface area contributed by atoms with E-state index in [1.165, 1.54) is 13.0 Å². The summed E-state index contributed by atoms with van der Waals surface area (Å²) in [6.07, 6.45) is 0.143. The van der Waals surface area contributed by atoms with Gasteiger partial charge >= 0.3 is 11.7 Å². The second kappa shape index (κ2) is 4.69. The van der Waals surface area contributed by atoms with Gasteiger partial charge in [0.25, 0.3) is 0 Å². The highest BCUT2D eigenvalue weighted by Crippen LogP contribution is 2.19. The van der Waals surface area contributed by atoms with E-state index in [1.807, 2.05) is 0 Å². The third-order valence-electron chi connectivity index (χ3n) is 2.17. The molecule has 0 saturated carbocycles. The Labute approximate surface area is 90.7 Å². The highest BCUT2D eigenvalue weighted by Gasteiger charge is 2.16. The molecule has 6 heteroatoms. The fourth-order valence-electron chi connectivity index (χ4n) is 1.27. The van der Waals surface area contributed by atoms with Gasteiger partial charge in [-0.3, -0.25) is 14.9 Å². The minimum Gasteiger partial charge on any atom is -0.481 e. The number of nitro groups is 1. The maximum Gasteiger partial charge on any atom is 0.306 e. The van der Waals surface area contributed by atoms with Crippen molar-refractivity contribution in [3.8, 4) is 0 Å². The van der Waals surface area contributed by atoms with E-state index in [-0.39, 0.29) is 6.42 Å². The molecule has 0 amide bonds. The maximum absolute atomic E-state index is 13.2. The van der Waals surface area contributed by atoms with Gasteiger partial charge in [0.1, 0.15) is 0 Å². The van der Waals surface area contributed by atoms with Gasteiger partial charge in [0.2, 0.25) is 5.82 Å². The molecule has 0 aliphatic rings. The Kier molecular flexibility index (Phi) is 3.55. The highest BCUT2D eigenvalue weighted by atomic mass is 19.1. The molecule has 0 spiro atoms. The van der Waals surface area contributed by atoms with Crippen molar-refractivity contribution in [1.29, 1.82) is 0 Å². The average Bonchev–Trinajstić information content (AvgIpc) is 2.16. The van der Waals surface area contributed by atoms with Crippen LogP contribution in [0.2, 0.25) is 0 Å². The van der Waals surface area contributed by atoms with Gasteiger partial charge in [-0.1, -0.05) is 13.0 Å². The number of hydrogen-bond donors (Lipinski definition) is 1. The Morgan fingerprint density at radius 1 is 1.62 bits per heavy atom. The van der Waals surface area contributed by atoms with Crippen LogP contribution in [0.3, 0.4) is 0 Å². The van der Waals surface area contributed by atoms with Gasteiger partial charge in [-0.05, 0) is 18.1 Å². The number of aliphatic carboxylic acids is 1. The summed E-state index contributed by atoms with van der Waals surface area (Å²) in [4.78, 5) is 20.1. The van der Waals surface area contributed by atoms with Crippen LogP contribution in [-0.4, -0.2) is 16.0 Å². The molecule has 1 unspecified atom stereocenters. The van der Waals surface area contributed by atoms with Crippen molar-refractivity contribution in [2.75, 3.05) is 0 Å². The Hall–Kier alpha value is -1.98. The predicted molar refractivity (Wildman–Crippen MR) is 53.6 cm³/mol. The van der Waals surface area contributed by atoms with Crippen molar-refractivity contribution in [3.05, 3.63) is 39.7 Å². The minimum atomic E-state index is -0.987. The number of carbonyl (C=O) groups is 1. The third-order valence-corrected chi connectivity index (χ3v) is 2.17. The monoisotopic (exact) mass is 227 g/mol. The number of nitrogens with zero attached hydrogens (tertiary/aromatic N) is 1. The lowest BCUT2D eigenvalue weighted by Gasteiger charge is -2.05. The molecule has 86 valence electrons. The predicted octanol–water partition coefficient (Wildman–Crippen LogP) is 2.00. The van der Waals surface area contributed by atoms with Gasteiger partial charge in [-0.25, -0.2) is 0 Å². The zero-order chi connectivity index (χ0) is 12.3. The van der Waals surface area contributed by atoms with Gasteiger partial charge in [-0.2, -0.15) is 4.39 Å². The SMILES string of the molecule is CC(Cc1ccc([N+](=O)[O-])c(F)c1)C(=O)O. The first-order chi connectivity index (χ1) is 7.41. The molecular weight excluding hydrogens is 217 g/mol. The summed E-state index contributed by atoms with van der Waals surface area (Å²) in [5.41, 5.74) is -0.176. The summed E-state index contributed by atoms with van der Waals surface area (Å²) in [6, 6.07) is 3.40. The fourth-order valence-corrected chi connectivity index (χ4v) is 1.27. The third kappa shape index (κ3) is 2.75. The summed E-state index contributed by atoms with van der Waals surface area (Å²) < 4.78 is 13.2. The summed E-state index contributed by atoms with van der Waals surface area (Å²) >= 11 is 0. The quantitative estimate of drug-likeness (QED) is 0.630. The van der Waals surface area contributed by atoms with Gasteiger partial charge in [-0.15, -0.1) is 0 Å². The molecule has 5 nitrogen and oxygen atoms in total. The van der Waals surface area contributed by atoms with Crippen LogP contribution in [0, 0.1) is 21.8 Å². The summed E-state index contributed by atoms with van der Waals surface area (Å²) in [5.74, 6) is -2.58. The van der Waals surface area contributed by atoms with Crippen LogP contribution in [0.1, 0.15) is 12.5 Å². The van der Waals surface area contributed by atoms with E-state index in [0.29, 0.717) is 5.56 Å². The molecule has 1 rings (SSSR count). The molecular formula is C10H10FNO4. The number of nitro benzene ring substituents is 1. The largest absolute Gasteiger partial charge is 0.481 e. The Balaban J connectivity index is 2.89. The van der Waals surface area contributed by atoms with Crippen LogP contribution in [0.5, 0.6) is 0 Å². The standard InChI is InChI=1S/C10H10FNO4/c1-6(10(13)14)4-7-2-3-9(12(15)16)8(11)5-7/h2-3,5-6H,4H2,1H3,(H,13,14). The van der Waals surface area contributed by atoms with Crippen LogP contribution in [0.15, 0.2) is 18.2 Å².